The van der Waals surface area contributed by atoms with Crippen molar-refractivity contribution in [1.29, 1.82) is 0 Å². The summed E-state index contributed by atoms with van der Waals surface area (Å²) in [6.07, 6.45) is 1.36. The van der Waals surface area contributed by atoms with E-state index in [2.05, 4.69) is 10.1 Å². The van der Waals surface area contributed by atoms with Gasteiger partial charge in [0.1, 0.15) is 5.82 Å². The zero-order valence-corrected chi connectivity index (χ0v) is 19.2. The van der Waals surface area contributed by atoms with E-state index in [-0.39, 0.29) is 17.6 Å². The largest absolute Gasteiger partial charge is 0.339 e. The second kappa shape index (κ2) is 10.3. The summed E-state index contributed by atoms with van der Waals surface area (Å²) in [6.45, 7) is 1.80. The lowest BCUT2D eigenvalue weighted by atomic mass is 10.1. The van der Waals surface area contributed by atoms with Crippen molar-refractivity contribution < 1.29 is 18.5 Å². The molecule has 172 valence electrons. The maximum absolute atomic E-state index is 13.0. The van der Waals surface area contributed by atoms with Gasteiger partial charge in [0.15, 0.2) is 0 Å². The van der Waals surface area contributed by atoms with E-state index in [0.717, 1.165) is 0 Å². The third kappa shape index (κ3) is 5.69. The highest BCUT2D eigenvalue weighted by molar-refractivity contribution is 6.36. The minimum absolute atomic E-state index is 0.0184. The van der Waals surface area contributed by atoms with E-state index in [9.17, 15) is 14.0 Å². The number of rotatable bonds is 6. The van der Waals surface area contributed by atoms with Crippen LogP contribution in [-0.2, 0) is 11.2 Å². The molecule has 33 heavy (non-hydrogen) atoms. The average Bonchev–Trinajstić information content (AvgIpc) is 3.28. The molecule has 1 saturated heterocycles. The van der Waals surface area contributed by atoms with E-state index >= 15 is 0 Å². The van der Waals surface area contributed by atoms with Gasteiger partial charge in [0.25, 0.3) is 5.91 Å². The molecule has 0 saturated carbocycles. The van der Waals surface area contributed by atoms with Crippen molar-refractivity contribution in [1.82, 2.24) is 19.9 Å². The number of hydrogen-bond donors (Lipinski definition) is 0. The number of amides is 2. The first-order valence-electron chi connectivity index (χ1n) is 10.5. The van der Waals surface area contributed by atoms with Crippen LogP contribution in [0.15, 0.2) is 47.0 Å². The molecule has 0 spiro atoms. The van der Waals surface area contributed by atoms with Crippen LogP contribution in [0.5, 0.6) is 0 Å². The molecule has 7 nitrogen and oxygen atoms in total. The van der Waals surface area contributed by atoms with E-state index in [4.69, 9.17) is 27.7 Å². The molecule has 1 aliphatic heterocycles. The minimum atomic E-state index is -0.333. The van der Waals surface area contributed by atoms with Crippen molar-refractivity contribution in [3.8, 4) is 11.4 Å². The molecule has 0 N–H and O–H groups in total. The molecule has 2 heterocycles. The fourth-order valence-corrected chi connectivity index (χ4v) is 4.10. The minimum Gasteiger partial charge on any atom is -0.339 e. The molecule has 0 aliphatic carbocycles. The Hall–Kier alpha value is -2.97. The lowest BCUT2D eigenvalue weighted by Gasteiger charge is -2.35. The molecule has 0 bridgehead atoms. The van der Waals surface area contributed by atoms with Crippen molar-refractivity contribution in [2.75, 3.05) is 26.2 Å². The number of benzene rings is 2. The van der Waals surface area contributed by atoms with Gasteiger partial charge in [-0.25, -0.2) is 4.39 Å². The van der Waals surface area contributed by atoms with Crippen LogP contribution < -0.4 is 0 Å². The number of aromatic nitrogens is 2. The molecular formula is C23H21Cl2FN4O3. The van der Waals surface area contributed by atoms with Crippen LogP contribution >= 0.6 is 23.2 Å². The van der Waals surface area contributed by atoms with Crippen LogP contribution in [0.2, 0.25) is 10.0 Å². The predicted molar refractivity (Wildman–Crippen MR) is 122 cm³/mol. The van der Waals surface area contributed by atoms with Gasteiger partial charge in [0.2, 0.25) is 17.6 Å². The SMILES string of the molecule is O=C(CCCc1nc(-c2ccc(F)cc2)no1)N1CCN(C(=O)c2ccc(Cl)cc2Cl)CC1. The van der Waals surface area contributed by atoms with Gasteiger partial charge in [-0.05, 0) is 48.9 Å². The molecule has 10 heteroatoms. The van der Waals surface area contributed by atoms with Gasteiger partial charge in [-0.3, -0.25) is 9.59 Å². The summed E-state index contributed by atoms with van der Waals surface area (Å²) in [5.41, 5.74) is 1.06. The first-order valence-corrected chi connectivity index (χ1v) is 11.3. The zero-order valence-electron chi connectivity index (χ0n) is 17.6. The number of carbonyl (C=O) groups is 2. The maximum Gasteiger partial charge on any atom is 0.255 e. The summed E-state index contributed by atoms with van der Waals surface area (Å²) >= 11 is 12.0. The molecule has 3 aromatic rings. The van der Waals surface area contributed by atoms with Crippen LogP contribution in [-0.4, -0.2) is 57.9 Å². The molecule has 1 fully saturated rings. The molecule has 2 amide bonds. The van der Waals surface area contributed by atoms with Crippen molar-refractivity contribution in [3.63, 3.8) is 0 Å². The van der Waals surface area contributed by atoms with Gasteiger partial charge < -0.3 is 14.3 Å². The van der Waals surface area contributed by atoms with Crippen LogP contribution in [0, 0.1) is 5.82 Å². The number of halogens is 3. The average molecular weight is 491 g/mol. The number of carbonyl (C=O) groups excluding carboxylic acids is 2. The zero-order chi connectivity index (χ0) is 23.4. The van der Waals surface area contributed by atoms with Crippen LogP contribution in [0.3, 0.4) is 0 Å². The van der Waals surface area contributed by atoms with Gasteiger partial charge in [-0.2, -0.15) is 4.98 Å². The molecule has 0 radical (unpaired) electrons. The Kier molecular flexibility index (Phi) is 7.25. The van der Waals surface area contributed by atoms with Crippen molar-refractivity contribution in [2.24, 2.45) is 0 Å². The third-order valence-corrected chi connectivity index (χ3v) is 5.98. The summed E-state index contributed by atoms with van der Waals surface area (Å²) in [6, 6.07) is 10.6. The number of piperazine rings is 1. The smallest absolute Gasteiger partial charge is 0.255 e. The lowest BCUT2D eigenvalue weighted by molar-refractivity contribution is -0.132. The monoisotopic (exact) mass is 490 g/mol. The van der Waals surface area contributed by atoms with Gasteiger partial charge in [0.05, 0.1) is 10.6 Å². The lowest BCUT2D eigenvalue weighted by Crippen LogP contribution is -2.50. The van der Waals surface area contributed by atoms with Gasteiger partial charge in [-0.1, -0.05) is 28.4 Å². The summed E-state index contributed by atoms with van der Waals surface area (Å²) in [7, 11) is 0. The van der Waals surface area contributed by atoms with Crippen molar-refractivity contribution >= 4 is 35.0 Å². The summed E-state index contributed by atoms with van der Waals surface area (Å²) in [5, 5.41) is 4.69. The van der Waals surface area contributed by atoms with Crippen molar-refractivity contribution in [3.05, 3.63) is 69.8 Å². The summed E-state index contributed by atoms with van der Waals surface area (Å²) < 4.78 is 18.3. The number of aryl methyl sites for hydroxylation is 1. The number of hydrogen-bond acceptors (Lipinski definition) is 5. The summed E-state index contributed by atoms with van der Waals surface area (Å²) in [4.78, 5) is 33.0. The predicted octanol–water partition coefficient (Wildman–Crippen LogP) is 4.49. The maximum atomic E-state index is 13.0. The normalized spacial score (nSPS) is 13.9. The Morgan fingerprint density at radius 3 is 2.39 bits per heavy atom. The molecule has 2 aromatic carbocycles. The highest BCUT2D eigenvalue weighted by Gasteiger charge is 2.26. The quantitative estimate of drug-likeness (QED) is 0.508. The Morgan fingerprint density at radius 2 is 1.70 bits per heavy atom. The standard InChI is InChI=1S/C23H21Cl2FN4O3/c24-16-6-9-18(19(25)14-16)23(32)30-12-10-29(11-13-30)21(31)3-1-2-20-27-22(28-33-20)15-4-7-17(26)8-5-15/h4-9,14H,1-3,10-13H2. The van der Waals surface area contributed by atoms with Gasteiger partial charge in [0, 0.05) is 49.6 Å². The first kappa shape index (κ1) is 23.2. The van der Waals surface area contributed by atoms with Crippen LogP contribution in [0.1, 0.15) is 29.1 Å². The molecule has 1 aromatic heterocycles. The van der Waals surface area contributed by atoms with E-state index in [1.54, 1.807) is 40.1 Å². The highest BCUT2D eigenvalue weighted by atomic mass is 35.5. The first-order chi connectivity index (χ1) is 15.9. The van der Waals surface area contributed by atoms with E-state index in [1.807, 2.05) is 0 Å². The Morgan fingerprint density at radius 1 is 1.00 bits per heavy atom. The molecule has 0 atom stereocenters. The van der Waals surface area contributed by atoms with Crippen LogP contribution in [0.4, 0.5) is 4.39 Å². The van der Waals surface area contributed by atoms with Crippen molar-refractivity contribution in [2.45, 2.75) is 19.3 Å². The van der Waals surface area contributed by atoms with Gasteiger partial charge >= 0.3 is 0 Å². The molecule has 0 unspecified atom stereocenters. The van der Waals surface area contributed by atoms with E-state index in [0.29, 0.717) is 78.3 Å². The van der Waals surface area contributed by atoms with E-state index in [1.165, 1.54) is 12.1 Å². The molecule has 1 aliphatic rings. The fourth-order valence-electron chi connectivity index (χ4n) is 3.61. The topological polar surface area (TPSA) is 79.5 Å². The highest BCUT2D eigenvalue weighted by Crippen LogP contribution is 2.23. The van der Waals surface area contributed by atoms with Crippen LogP contribution in [0.25, 0.3) is 11.4 Å². The van der Waals surface area contributed by atoms with Gasteiger partial charge in [-0.15, -0.1) is 0 Å². The van der Waals surface area contributed by atoms with E-state index < -0.39 is 0 Å². The third-order valence-electron chi connectivity index (χ3n) is 5.43. The molecular weight excluding hydrogens is 470 g/mol. The Bertz CT molecular complexity index is 1140. The second-order valence-electron chi connectivity index (χ2n) is 7.67. The molecule has 4 rings (SSSR count). The Balaban J connectivity index is 1.23. The number of nitrogens with zero attached hydrogens (tertiary/aromatic N) is 4. The fraction of sp³-hybridized carbons (Fsp3) is 0.304. The summed E-state index contributed by atoms with van der Waals surface area (Å²) in [5.74, 6) is 0.331. The Labute approximate surface area is 200 Å². The second-order valence-corrected chi connectivity index (χ2v) is 8.51.